The lowest BCUT2D eigenvalue weighted by atomic mass is 10.3. The van der Waals surface area contributed by atoms with Crippen molar-refractivity contribution >= 4 is 22.6 Å². The van der Waals surface area contributed by atoms with Gasteiger partial charge in [0.1, 0.15) is 16.8 Å². The number of methoxy groups -OCH3 is 1. The van der Waals surface area contributed by atoms with Crippen molar-refractivity contribution in [3.63, 3.8) is 0 Å². The Morgan fingerprint density at radius 2 is 2.09 bits per heavy atom. The van der Waals surface area contributed by atoms with Crippen LogP contribution in [0.2, 0.25) is 0 Å². The van der Waals surface area contributed by atoms with Gasteiger partial charge in [-0.2, -0.15) is 0 Å². The lowest BCUT2D eigenvalue weighted by molar-refractivity contribution is -0.121. The van der Waals surface area contributed by atoms with Crippen molar-refractivity contribution in [1.82, 2.24) is 15.2 Å². The van der Waals surface area contributed by atoms with Crippen LogP contribution in [-0.4, -0.2) is 34.8 Å². The van der Waals surface area contributed by atoms with Gasteiger partial charge in [0, 0.05) is 11.8 Å². The molecule has 3 rings (SSSR count). The largest absolute Gasteiger partial charge is 0.497 e. The molecule has 112 valence electrons. The Hall–Kier alpha value is -3.09. The molecule has 22 heavy (non-hydrogen) atoms. The maximum atomic E-state index is 11.9. The number of rotatable bonds is 5. The summed E-state index contributed by atoms with van der Waals surface area (Å²) in [5.41, 5.74) is 2.05. The molecule has 0 bridgehead atoms. The second-order valence-corrected chi connectivity index (χ2v) is 4.50. The summed E-state index contributed by atoms with van der Waals surface area (Å²) >= 11 is 0. The molecule has 0 aliphatic carbocycles. The van der Waals surface area contributed by atoms with Crippen molar-refractivity contribution in [2.75, 3.05) is 19.0 Å². The van der Waals surface area contributed by atoms with Crippen molar-refractivity contribution in [3.8, 4) is 5.75 Å². The maximum absolute atomic E-state index is 11.9. The molecule has 0 aliphatic rings. The van der Waals surface area contributed by atoms with Crippen LogP contribution in [0.1, 0.15) is 0 Å². The molecule has 0 saturated heterocycles. The lowest BCUT2D eigenvalue weighted by Crippen LogP contribution is -2.26. The second-order valence-electron chi connectivity index (χ2n) is 4.50. The first-order valence-corrected chi connectivity index (χ1v) is 6.64. The first-order chi connectivity index (χ1) is 10.8. The Kier molecular flexibility index (Phi) is 3.86. The van der Waals surface area contributed by atoms with E-state index in [9.17, 15) is 4.79 Å². The number of amides is 1. The van der Waals surface area contributed by atoms with Gasteiger partial charge in [0.2, 0.25) is 0 Å². The zero-order valence-corrected chi connectivity index (χ0v) is 11.9. The third kappa shape index (κ3) is 2.98. The molecule has 7 nitrogen and oxygen atoms in total. The molecule has 0 spiro atoms. The number of nitrogens with zero attached hydrogens (tertiary/aromatic N) is 3. The number of benzene rings is 2. The van der Waals surface area contributed by atoms with Crippen LogP contribution in [0.25, 0.3) is 11.0 Å². The zero-order chi connectivity index (χ0) is 15.4. The lowest BCUT2D eigenvalue weighted by Gasteiger charge is -2.08. The highest BCUT2D eigenvalue weighted by atomic mass is 16.7. The third-order valence-electron chi connectivity index (χ3n) is 2.99. The van der Waals surface area contributed by atoms with Gasteiger partial charge in [-0.15, -0.1) is 5.10 Å². The van der Waals surface area contributed by atoms with Gasteiger partial charge in [-0.3, -0.25) is 4.79 Å². The first-order valence-electron chi connectivity index (χ1n) is 6.64. The monoisotopic (exact) mass is 298 g/mol. The average Bonchev–Trinajstić information content (AvgIpc) is 2.96. The van der Waals surface area contributed by atoms with Gasteiger partial charge < -0.3 is 14.9 Å². The molecule has 0 unspecified atom stereocenters. The summed E-state index contributed by atoms with van der Waals surface area (Å²) in [4.78, 5) is 18.5. The van der Waals surface area contributed by atoms with E-state index in [1.165, 1.54) is 4.85 Å². The van der Waals surface area contributed by atoms with Gasteiger partial charge >= 0.3 is 0 Å². The summed E-state index contributed by atoms with van der Waals surface area (Å²) in [5, 5.41) is 10.5. The van der Waals surface area contributed by atoms with Gasteiger partial charge in [-0.25, -0.2) is 0 Å². The van der Waals surface area contributed by atoms with E-state index in [0.29, 0.717) is 22.5 Å². The number of ether oxygens (including phenoxy) is 1. The molecule has 0 radical (unpaired) electrons. The van der Waals surface area contributed by atoms with Gasteiger partial charge in [0.05, 0.1) is 7.11 Å². The van der Waals surface area contributed by atoms with Crippen LogP contribution in [0.4, 0.5) is 5.69 Å². The first kappa shape index (κ1) is 13.9. The molecule has 0 aliphatic heterocycles. The van der Waals surface area contributed by atoms with Crippen LogP contribution in [0, 0.1) is 0 Å². The van der Waals surface area contributed by atoms with E-state index in [4.69, 9.17) is 9.57 Å². The fraction of sp³-hybridized carbons (Fsp3) is 0.133. The number of aromatic nitrogens is 3. The molecule has 1 N–H and O–H groups in total. The fourth-order valence-corrected chi connectivity index (χ4v) is 1.96. The Bertz CT molecular complexity index is 800. The van der Waals surface area contributed by atoms with Crippen molar-refractivity contribution in [3.05, 3.63) is 48.5 Å². The number of carbonyl (C=O) groups excluding carboxylic acids is 1. The Labute approximate surface area is 126 Å². The van der Waals surface area contributed by atoms with E-state index >= 15 is 0 Å². The molecule has 7 heteroatoms. The van der Waals surface area contributed by atoms with Crippen molar-refractivity contribution in [2.45, 2.75) is 0 Å². The Morgan fingerprint density at radius 3 is 2.95 bits per heavy atom. The fourth-order valence-electron chi connectivity index (χ4n) is 1.96. The molecule has 3 aromatic rings. The smallest absolute Gasteiger partial charge is 0.265 e. The van der Waals surface area contributed by atoms with Crippen molar-refractivity contribution < 1.29 is 14.4 Å². The minimum atomic E-state index is -0.298. The SMILES string of the molecule is COc1cccc(NC(=O)COn2nnc3ccccc32)c1. The highest BCUT2D eigenvalue weighted by Gasteiger charge is 2.08. The van der Waals surface area contributed by atoms with Gasteiger partial charge in [0.15, 0.2) is 6.61 Å². The topological polar surface area (TPSA) is 78.3 Å². The highest BCUT2D eigenvalue weighted by molar-refractivity contribution is 5.91. The molecule has 1 amide bonds. The second kappa shape index (κ2) is 6.13. The van der Waals surface area contributed by atoms with Crippen LogP contribution in [0.15, 0.2) is 48.5 Å². The molecule has 0 atom stereocenters. The van der Waals surface area contributed by atoms with Crippen molar-refractivity contribution in [1.29, 1.82) is 0 Å². The number of carbonyl (C=O) groups is 1. The van der Waals surface area contributed by atoms with Crippen LogP contribution in [0.5, 0.6) is 5.75 Å². The molecular formula is C15H14N4O3. The number of nitrogens with one attached hydrogen (secondary N) is 1. The minimum Gasteiger partial charge on any atom is -0.497 e. The van der Waals surface area contributed by atoms with E-state index in [1.807, 2.05) is 24.3 Å². The van der Waals surface area contributed by atoms with E-state index in [1.54, 1.807) is 31.4 Å². The molecule has 1 heterocycles. The average molecular weight is 298 g/mol. The van der Waals surface area contributed by atoms with Gasteiger partial charge in [0.25, 0.3) is 5.91 Å². The van der Waals surface area contributed by atoms with E-state index < -0.39 is 0 Å². The summed E-state index contributed by atoms with van der Waals surface area (Å²) in [7, 11) is 1.57. The van der Waals surface area contributed by atoms with Gasteiger partial charge in [-0.05, 0) is 29.5 Å². The summed E-state index contributed by atoms with van der Waals surface area (Å²) in [6.45, 7) is -0.176. The third-order valence-corrected chi connectivity index (χ3v) is 2.99. The van der Waals surface area contributed by atoms with E-state index in [-0.39, 0.29) is 12.5 Å². The Balaban J connectivity index is 1.62. The molecule has 1 aromatic heterocycles. The van der Waals surface area contributed by atoms with Crippen molar-refractivity contribution in [2.24, 2.45) is 0 Å². The maximum Gasteiger partial charge on any atom is 0.265 e. The van der Waals surface area contributed by atoms with Crippen LogP contribution in [-0.2, 0) is 4.79 Å². The number of hydrogen-bond donors (Lipinski definition) is 1. The summed E-state index contributed by atoms with van der Waals surface area (Å²) in [6.07, 6.45) is 0. The predicted octanol–water partition coefficient (Wildman–Crippen LogP) is 1.51. The van der Waals surface area contributed by atoms with Crippen LogP contribution < -0.4 is 14.9 Å². The summed E-state index contributed by atoms with van der Waals surface area (Å²) in [6, 6.07) is 14.4. The minimum absolute atomic E-state index is 0.176. The molecule has 0 saturated carbocycles. The zero-order valence-electron chi connectivity index (χ0n) is 11.9. The van der Waals surface area contributed by atoms with Gasteiger partial charge in [-0.1, -0.05) is 23.0 Å². The number of para-hydroxylation sites is 1. The molecule has 2 aromatic carbocycles. The summed E-state index contributed by atoms with van der Waals surface area (Å²) in [5.74, 6) is 0.369. The van der Waals surface area contributed by atoms with E-state index in [2.05, 4.69) is 15.6 Å². The molecular weight excluding hydrogens is 284 g/mol. The van der Waals surface area contributed by atoms with E-state index in [0.717, 1.165) is 0 Å². The standard InChI is InChI=1S/C15H14N4O3/c1-21-12-6-4-5-11(9-12)16-15(20)10-22-19-14-8-3-2-7-13(14)17-18-19/h2-9H,10H2,1H3,(H,16,20). The van der Waals surface area contributed by atoms with Crippen LogP contribution in [0.3, 0.4) is 0 Å². The summed E-state index contributed by atoms with van der Waals surface area (Å²) < 4.78 is 5.10. The predicted molar refractivity (Wildman–Crippen MR) is 80.6 cm³/mol. The Morgan fingerprint density at radius 1 is 1.23 bits per heavy atom. The molecule has 0 fully saturated rings. The number of fused-ring (bicyclic) bond motifs is 1. The highest BCUT2D eigenvalue weighted by Crippen LogP contribution is 2.16. The quantitative estimate of drug-likeness (QED) is 0.772. The van der Waals surface area contributed by atoms with Crippen LogP contribution >= 0.6 is 0 Å². The number of hydrogen-bond acceptors (Lipinski definition) is 5. The normalized spacial score (nSPS) is 10.4. The number of anilines is 1.